The number of nitrogens with one attached hydrogen (secondary N) is 1. The highest BCUT2D eigenvalue weighted by molar-refractivity contribution is 7.16. The first-order valence-electron chi connectivity index (χ1n) is 5.81. The molecular formula is C12H17N3OS. The summed E-state index contributed by atoms with van der Waals surface area (Å²) < 4.78 is 5.27. The normalized spacial score (nSPS) is 15.4. The van der Waals surface area contributed by atoms with Gasteiger partial charge in [0.25, 0.3) is 0 Å². The average Bonchev–Trinajstić information content (AvgIpc) is 2.66. The molecule has 1 aliphatic heterocycles. The molecule has 17 heavy (non-hydrogen) atoms. The van der Waals surface area contributed by atoms with Crippen molar-refractivity contribution in [3.05, 3.63) is 16.0 Å². The lowest BCUT2D eigenvalue weighted by atomic mass is 10.0. The van der Waals surface area contributed by atoms with E-state index in [1.807, 2.05) is 6.92 Å². The minimum absolute atomic E-state index is 0.473. The van der Waals surface area contributed by atoms with Gasteiger partial charge in [-0.05, 0) is 26.0 Å². The molecule has 1 N–H and O–H groups in total. The van der Waals surface area contributed by atoms with Crippen LogP contribution < -0.4 is 5.32 Å². The highest BCUT2D eigenvalue weighted by Crippen LogP contribution is 2.36. The number of likely N-dealkylation sites (N-methyl/N-ethyl adjacent to an activating group) is 1. The van der Waals surface area contributed by atoms with E-state index in [1.54, 1.807) is 11.3 Å². The molecule has 0 unspecified atom stereocenters. The van der Waals surface area contributed by atoms with Crippen molar-refractivity contribution in [1.82, 2.24) is 4.90 Å². The molecule has 1 aromatic rings. The van der Waals surface area contributed by atoms with Crippen LogP contribution in [0, 0.1) is 11.3 Å². The van der Waals surface area contributed by atoms with E-state index >= 15 is 0 Å². The molecule has 0 bridgehead atoms. The van der Waals surface area contributed by atoms with Crippen molar-refractivity contribution in [2.75, 3.05) is 32.2 Å². The van der Waals surface area contributed by atoms with E-state index in [0.717, 1.165) is 30.1 Å². The van der Waals surface area contributed by atoms with Crippen LogP contribution in [0.1, 0.15) is 22.9 Å². The number of hydrogen-bond donors (Lipinski definition) is 1. The smallest absolute Gasteiger partial charge is 0.117 e. The molecule has 0 spiro atoms. The summed E-state index contributed by atoms with van der Waals surface area (Å²) in [7, 11) is 2.11. The number of thiophene rings is 1. The van der Waals surface area contributed by atoms with Gasteiger partial charge in [-0.25, -0.2) is 0 Å². The van der Waals surface area contributed by atoms with Crippen molar-refractivity contribution in [3.63, 3.8) is 0 Å². The predicted molar refractivity (Wildman–Crippen MR) is 69.2 cm³/mol. The number of anilines is 1. The van der Waals surface area contributed by atoms with E-state index < -0.39 is 0 Å². The van der Waals surface area contributed by atoms with Crippen LogP contribution in [0.15, 0.2) is 0 Å². The molecule has 0 saturated heterocycles. The molecule has 4 nitrogen and oxygen atoms in total. The fraction of sp³-hybridized carbons (Fsp3) is 0.583. The predicted octanol–water partition coefficient (Wildman–Crippen LogP) is 2.01. The molecule has 0 amide bonds. The largest absolute Gasteiger partial charge is 0.362 e. The monoisotopic (exact) mass is 251 g/mol. The topological polar surface area (TPSA) is 48.3 Å². The Balaban J connectivity index is 2.19. The van der Waals surface area contributed by atoms with Crippen molar-refractivity contribution in [3.8, 4) is 6.07 Å². The second kappa shape index (κ2) is 5.50. The number of rotatable bonds is 4. The molecule has 2 rings (SSSR count). The summed E-state index contributed by atoms with van der Waals surface area (Å²) in [5.74, 6) is 0. The van der Waals surface area contributed by atoms with E-state index in [0.29, 0.717) is 13.3 Å². The number of nitrogens with zero attached hydrogens (tertiary/aromatic N) is 2. The zero-order valence-electron chi connectivity index (χ0n) is 10.2. The van der Waals surface area contributed by atoms with Crippen LogP contribution in [-0.2, 0) is 17.7 Å². The number of fused-ring (bicyclic) bond motifs is 1. The minimum atomic E-state index is 0.473. The molecule has 0 radical (unpaired) electrons. The van der Waals surface area contributed by atoms with Crippen molar-refractivity contribution in [1.29, 1.82) is 5.26 Å². The van der Waals surface area contributed by atoms with Crippen LogP contribution in [0.5, 0.6) is 0 Å². The summed E-state index contributed by atoms with van der Waals surface area (Å²) in [6.45, 7) is 5.10. The Hall–Kier alpha value is -1.09. The van der Waals surface area contributed by atoms with Crippen LogP contribution in [0.4, 0.5) is 5.00 Å². The quantitative estimate of drug-likeness (QED) is 0.657. The highest BCUT2D eigenvalue weighted by atomic mass is 32.1. The van der Waals surface area contributed by atoms with Gasteiger partial charge < -0.3 is 15.0 Å². The molecule has 1 aliphatic rings. The summed E-state index contributed by atoms with van der Waals surface area (Å²) in [4.78, 5) is 3.60. The lowest BCUT2D eigenvalue weighted by Gasteiger charge is -2.21. The number of hydrogen-bond acceptors (Lipinski definition) is 5. The zero-order valence-corrected chi connectivity index (χ0v) is 11.1. The fourth-order valence-electron chi connectivity index (χ4n) is 1.99. The third kappa shape index (κ3) is 2.60. The van der Waals surface area contributed by atoms with Crippen LogP contribution in [-0.4, -0.2) is 31.8 Å². The van der Waals surface area contributed by atoms with E-state index in [9.17, 15) is 5.26 Å². The van der Waals surface area contributed by atoms with Crippen LogP contribution in [0.25, 0.3) is 0 Å². The Bertz CT molecular complexity index is 436. The van der Waals surface area contributed by atoms with Crippen molar-refractivity contribution >= 4 is 16.3 Å². The first-order chi connectivity index (χ1) is 8.26. The standard InChI is InChI=1S/C12H17N3OS/c1-3-16-8-14-12-10(6-13)9-4-5-15(2)7-11(9)17-12/h14H,3-5,7-8H2,1-2H3. The molecule has 0 saturated carbocycles. The van der Waals surface area contributed by atoms with Gasteiger partial charge in [0.15, 0.2) is 0 Å². The fourth-order valence-corrected chi connectivity index (χ4v) is 3.25. The maximum atomic E-state index is 9.25. The second-order valence-corrected chi connectivity index (χ2v) is 5.23. The molecular weight excluding hydrogens is 234 g/mol. The van der Waals surface area contributed by atoms with Crippen molar-refractivity contribution < 1.29 is 4.74 Å². The zero-order chi connectivity index (χ0) is 12.3. The Morgan fingerprint density at radius 3 is 3.12 bits per heavy atom. The Morgan fingerprint density at radius 1 is 1.59 bits per heavy atom. The van der Waals surface area contributed by atoms with Crippen molar-refractivity contribution in [2.45, 2.75) is 19.9 Å². The van der Waals surface area contributed by atoms with Gasteiger partial charge in [-0.15, -0.1) is 11.3 Å². The summed E-state index contributed by atoms with van der Waals surface area (Å²) >= 11 is 1.69. The van der Waals surface area contributed by atoms with Gasteiger partial charge in [-0.3, -0.25) is 0 Å². The van der Waals surface area contributed by atoms with Crippen LogP contribution in [0.2, 0.25) is 0 Å². The van der Waals surface area contributed by atoms with Gasteiger partial charge in [-0.1, -0.05) is 0 Å². The first kappa shape index (κ1) is 12.4. The molecule has 0 atom stereocenters. The van der Waals surface area contributed by atoms with Crippen LogP contribution >= 0.6 is 11.3 Å². The Kier molecular flexibility index (Phi) is 4.00. The SMILES string of the molecule is CCOCNc1sc2c(c1C#N)CCN(C)C2. The van der Waals surface area contributed by atoms with E-state index in [-0.39, 0.29) is 0 Å². The second-order valence-electron chi connectivity index (χ2n) is 4.12. The molecule has 92 valence electrons. The van der Waals surface area contributed by atoms with Crippen molar-refractivity contribution in [2.24, 2.45) is 0 Å². The van der Waals surface area contributed by atoms with Gasteiger partial charge >= 0.3 is 0 Å². The van der Waals surface area contributed by atoms with E-state index in [1.165, 1.54) is 10.4 Å². The molecule has 0 aromatic carbocycles. The summed E-state index contributed by atoms with van der Waals surface area (Å²) in [5.41, 5.74) is 2.05. The van der Waals surface area contributed by atoms with E-state index in [4.69, 9.17) is 4.74 Å². The summed E-state index contributed by atoms with van der Waals surface area (Å²) in [5, 5.41) is 13.4. The van der Waals surface area contributed by atoms with Crippen LogP contribution in [0.3, 0.4) is 0 Å². The van der Waals surface area contributed by atoms with Gasteiger partial charge in [0.1, 0.15) is 17.8 Å². The lowest BCUT2D eigenvalue weighted by molar-refractivity contribution is 0.167. The molecule has 1 aromatic heterocycles. The third-order valence-corrected chi connectivity index (χ3v) is 4.07. The first-order valence-corrected chi connectivity index (χ1v) is 6.62. The molecule has 0 fully saturated rings. The number of ether oxygens (including phenoxy) is 1. The van der Waals surface area contributed by atoms with Gasteiger partial charge in [0, 0.05) is 24.6 Å². The van der Waals surface area contributed by atoms with Gasteiger partial charge in [-0.2, -0.15) is 5.26 Å². The average molecular weight is 251 g/mol. The van der Waals surface area contributed by atoms with E-state index in [2.05, 4.69) is 23.3 Å². The minimum Gasteiger partial charge on any atom is -0.362 e. The third-order valence-electron chi connectivity index (χ3n) is 2.90. The maximum Gasteiger partial charge on any atom is 0.117 e. The number of nitriles is 1. The molecule has 2 heterocycles. The van der Waals surface area contributed by atoms with Gasteiger partial charge in [0.05, 0.1) is 5.56 Å². The summed E-state index contributed by atoms with van der Waals surface area (Å²) in [6.07, 6.45) is 0.974. The summed E-state index contributed by atoms with van der Waals surface area (Å²) in [6, 6.07) is 2.32. The molecule has 0 aliphatic carbocycles. The Labute approximate surface area is 106 Å². The van der Waals surface area contributed by atoms with Gasteiger partial charge in [0.2, 0.25) is 0 Å². The molecule has 5 heteroatoms. The lowest BCUT2D eigenvalue weighted by Crippen LogP contribution is -2.25. The highest BCUT2D eigenvalue weighted by Gasteiger charge is 2.22. The Morgan fingerprint density at radius 2 is 2.41 bits per heavy atom. The maximum absolute atomic E-state index is 9.25.